The molecule has 126 valence electrons. The van der Waals surface area contributed by atoms with Crippen molar-refractivity contribution in [1.29, 1.82) is 0 Å². The summed E-state index contributed by atoms with van der Waals surface area (Å²) in [5, 5.41) is 3.34. The topological polar surface area (TPSA) is 50.8 Å². The second-order valence-electron chi connectivity index (χ2n) is 6.34. The Hall–Kier alpha value is -1.75. The van der Waals surface area contributed by atoms with Crippen molar-refractivity contribution in [2.45, 2.75) is 31.7 Å². The second kappa shape index (κ2) is 7.21. The molecule has 0 aromatic heterocycles. The van der Waals surface area contributed by atoms with E-state index in [1.54, 1.807) is 14.2 Å². The van der Waals surface area contributed by atoms with E-state index in [4.69, 9.17) is 9.47 Å². The molecule has 2 atom stereocenters. The molecular formula is C18H26N2O3. The van der Waals surface area contributed by atoms with Crippen molar-refractivity contribution in [1.82, 2.24) is 10.2 Å². The molecule has 1 N–H and O–H groups in total. The third-order valence-corrected chi connectivity index (χ3v) is 4.98. The molecule has 0 aliphatic carbocycles. The maximum atomic E-state index is 12.9. The molecule has 1 aromatic carbocycles. The van der Waals surface area contributed by atoms with Crippen LogP contribution in [0.25, 0.3) is 0 Å². The number of likely N-dealkylation sites (tertiary alicyclic amines) is 1. The maximum absolute atomic E-state index is 12.9. The first-order valence-electron chi connectivity index (χ1n) is 8.47. The molecule has 3 rings (SSSR count). The highest BCUT2D eigenvalue weighted by Gasteiger charge is 2.35. The number of carbonyl (C=O) groups is 1. The Bertz CT molecular complexity index is 555. The molecule has 2 unspecified atom stereocenters. The van der Waals surface area contributed by atoms with E-state index in [0.29, 0.717) is 0 Å². The van der Waals surface area contributed by atoms with Gasteiger partial charge in [0.15, 0.2) is 0 Å². The summed E-state index contributed by atoms with van der Waals surface area (Å²) in [6.45, 7) is 2.68. The van der Waals surface area contributed by atoms with Gasteiger partial charge in [0.05, 0.1) is 26.2 Å². The van der Waals surface area contributed by atoms with Gasteiger partial charge < -0.3 is 19.7 Å². The SMILES string of the molecule is COc1ccc(C2CCCN2C(=O)C2CCCNC2)c(OC)c1. The number of carbonyl (C=O) groups excluding carboxylic acids is 1. The third kappa shape index (κ3) is 3.29. The van der Waals surface area contributed by atoms with Gasteiger partial charge in [-0.2, -0.15) is 0 Å². The van der Waals surface area contributed by atoms with Crippen molar-refractivity contribution in [2.75, 3.05) is 33.9 Å². The van der Waals surface area contributed by atoms with Crippen LogP contribution in [-0.2, 0) is 4.79 Å². The molecule has 0 radical (unpaired) electrons. The van der Waals surface area contributed by atoms with Crippen molar-refractivity contribution in [3.8, 4) is 11.5 Å². The molecule has 0 saturated carbocycles. The van der Waals surface area contributed by atoms with Gasteiger partial charge in [-0.1, -0.05) is 0 Å². The number of rotatable bonds is 4. The quantitative estimate of drug-likeness (QED) is 0.926. The highest BCUT2D eigenvalue weighted by atomic mass is 16.5. The van der Waals surface area contributed by atoms with Crippen molar-refractivity contribution < 1.29 is 14.3 Å². The standard InChI is InChI=1S/C18H26N2O3/c1-22-14-7-8-15(17(11-14)23-2)16-6-4-10-20(16)18(21)13-5-3-9-19-12-13/h7-8,11,13,16,19H,3-6,9-10,12H2,1-2H3. The molecule has 1 amide bonds. The molecule has 2 fully saturated rings. The largest absolute Gasteiger partial charge is 0.497 e. The summed E-state index contributed by atoms with van der Waals surface area (Å²) < 4.78 is 10.8. The first-order chi connectivity index (χ1) is 11.2. The minimum atomic E-state index is 0.116. The monoisotopic (exact) mass is 318 g/mol. The highest BCUT2D eigenvalue weighted by Crippen LogP contribution is 2.39. The molecule has 0 bridgehead atoms. The van der Waals surface area contributed by atoms with E-state index in [2.05, 4.69) is 10.2 Å². The van der Waals surface area contributed by atoms with Crippen LogP contribution in [0.2, 0.25) is 0 Å². The number of methoxy groups -OCH3 is 2. The van der Waals surface area contributed by atoms with Crippen LogP contribution >= 0.6 is 0 Å². The summed E-state index contributed by atoms with van der Waals surface area (Å²) in [6.07, 6.45) is 4.12. The number of ether oxygens (including phenoxy) is 2. The molecule has 2 saturated heterocycles. The van der Waals surface area contributed by atoms with Gasteiger partial charge in [-0.25, -0.2) is 0 Å². The van der Waals surface area contributed by atoms with Crippen LogP contribution < -0.4 is 14.8 Å². The average Bonchev–Trinajstić information content (AvgIpc) is 3.10. The third-order valence-electron chi connectivity index (χ3n) is 4.98. The molecule has 2 aliphatic heterocycles. The number of nitrogens with zero attached hydrogens (tertiary/aromatic N) is 1. The van der Waals surface area contributed by atoms with Crippen molar-refractivity contribution >= 4 is 5.91 Å². The summed E-state index contributed by atoms with van der Waals surface area (Å²) in [5.41, 5.74) is 1.09. The van der Waals surface area contributed by atoms with Gasteiger partial charge in [-0.15, -0.1) is 0 Å². The summed E-state index contributed by atoms with van der Waals surface area (Å²) in [6, 6.07) is 6.00. The Morgan fingerprint density at radius 2 is 2.09 bits per heavy atom. The van der Waals surface area contributed by atoms with Crippen LogP contribution in [0.5, 0.6) is 11.5 Å². The lowest BCUT2D eigenvalue weighted by Gasteiger charge is -2.31. The zero-order valence-corrected chi connectivity index (χ0v) is 14.0. The van der Waals surface area contributed by atoms with E-state index in [-0.39, 0.29) is 17.9 Å². The Labute approximate surface area is 137 Å². The first-order valence-corrected chi connectivity index (χ1v) is 8.47. The fourth-order valence-corrected chi connectivity index (χ4v) is 3.74. The van der Waals surface area contributed by atoms with Gasteiger partial charge in [0, 0.05) is 24.7 Å². The predicted molar refractivity (Wildman–Crippen MR) is 88.8 cm³/mol. The van der Waals surface area contributed by atoms with E-state index in [0.717, 1.165) is 62.4 Å². The Kier molecular flexibility index (Phi) is 5.06. The number of hydrogen-bond acceptors (Lipinski definition) is 4. The van der Waals surface area contributed by atoms with Crippen molar-refractivity contribution in [3.05, 3.63) is 23.8 Å². The van der Waals surface area contributed by atoms with Crippen LogP contribution in [-0.4, -0.2) is 44.7 Å². The Balaban J connectivity index is 1.82. The molecule has 23 heavy (non-hydrogen) atoms. The van der Waals surface area contributed by atoms with Crippen LogP contribution in [0.1, 0.15) is 37.3 Å². The van der Waals surface area contributed by atoms with Crippen LogP contribution in [0.15, 0.2) is 18.2 Å². The van der Waals surface area contributed by atoms with Crippen LogP contribution in [0, 0.1) is 5.92 Å². The summed E-state index contributed by atoms with van der Waals surface area (Å²) >= 11 is 0. The molecular weight excluding hydrogens is 292 g/mol. The van der Waals surface area contributed by atoms with E-state index in [9.17, 15) is 4.79 Å². The van der Waals surface area contributed by atoms with Crippen molar-refractivity contribution in [3.63, 3.8) is 0 Å². The summed E-state index contributed by atoms with van der Waals surface area (Å²) in [7, 11) is 3.32. The van der Waals surface area contributed by atoms with E-state index < -0.39 is 0 Å². The van der Waals surface area contributed by atoms with Gasteiger partial charge in [0.25, 0.3) is 0 Å². The Morgan fingerprint density at radius 3 is 2.78 bits per heavy atom. The van der Waals surface area contributed by atoms with Gasteiger partial charge in [-0.3, -0.25) is 4.79 Å². The number of amides is 1. The molecule has 5 nitrogen and oxygen atoms in total. The van der Waals surface area contributed by atoms with Gasteiger partial charge in [0.1, 0.15) is 11.5 Å². The lowest BCUT2D eigenvalue weighted by Crippen LogP contribution is -2.42. The fraction of sp³-hybridized carbons (Fsp3) is 0.611. The average molecular weight is 318 g/mol. The van der Waals surface area contributed by atoms with E-state index >= 15 is 0 Å². The number of nitrogens with one attached hydrogen (secondary N) is 1. The predicted octanol–water partition coefficient (Wildman–Crippen LogP) is 2.37. The number of benzene rings is 1. The van der Waals surface area contributed by atoms with E-state index in [1.807, 2.05) is 18.2 Å². The van der Waals surface area contributed by atoms with Gasteiger partial charge in [-0.05, 0) is 44.4 Å². The summed E-state index contributed by atoms with van der Waals surface area (Å²) in [4.78, 5) is 15.0. The van der Waals surface area contributed by atoms with E-state index in [1.165, 1.54) is 0 Å². The first kappa shape index (κ1) is 16.1. The van der Waals surface area contributed by atoms with Crippen LogP contribution in [0.4, 0.5) is 0 Å². The number of hydrogen-bond donors (Lipinski definition) is 1. The second-order valence-corrected chi connectivity index (χ2v) is 6.34. The molecule has 5 heteroatoms. The minimum absolute atomic E-state index is 0.116. The molecule has 2 heterocycles. The smallest absolute Gasteiger partial charge is 0.227 e. The number of piperidine rings is 1. The van der Waals surface area contributed by atoms with Crippen LogP contribution in [0.3, 0.4) is 0 Å². The van der Waals surface area contributed by atoms with Gasteiger partial charge >= 0.3 is 0 Å². The van der Waals surface area contributed by atoms with Crippen molar-refractivity contribution in [2.24, 2.45) is 5.92 Å². The summed E-state index contributed by atoms with van der Waals surface area (Å²) in [5.74, 6) is 1.99. The van der Waals surface area contributed by atoms with Gasteiger partial charge in [0.2, 0.25) is 5.91 Å². The maximum Gasteiger partial charge on any atom is 0.227 e. The lowest BCUT2D eigenvalue weighted by atomic mass is 9.96. The molecule has 0 spiro atoms. The zero-order chi connectivity index (χ0) is 16.2. The Morgan fingerprint density at radius 1 is 1.22 bits per heavy atom. The molecule has 1 aromatic rings. The fourth-order valence-electron chi connectivity index (χ4n) is 3.74. The zero-order valence-electron chi connectivity index (χ0n) is 14.0. The molecule has 2 aliphatic rings. The minimum Gasteiger partial charge on any atom is -0.497 e. The lowest BCUT2D eigenvalue weighted by molar-refractivity contribution is -0.137. The highest BCUT2D eigenvalue weighted by molar-refractivity contribution is 5.80. The normalized spacial score (nSPS) is 24.5.